The van der Waals surface area contributed by atoms with E-state index >= 15 is 0 Å². The Balaban J connectivity index is 1.31. The second-order valence-electron chi connectivity index (χ2n) is 8.94. The van der Waals surface area contributed by atoms with Crippen molar-refractivity contribution in [3.8, 4) is 27.3 Å². The van der Waals surface area contributed by atoms with E-state index < -0.39 is 0 Å². The standard InChI is InChI=1S/C31H18N2S3/c1-2-7-26(33-12-11-32-18-33)22(4-1)23-5-3-6-24-25-14-19(8-9-27(25)36-31(23)24)29-17-21-16-28-20(10-13-34-28)15-30(21)35-29/h1-18H. The molecule has 0 unspecified atom stereocenters. The van der Waals surface area contributed by atoms with E-state index in [1.807, 2.05) is 52.7 Å². The summed E-state index contributed by atoms with van der Waals surface area (Å²) in [6, 6.07) is 31.5. The molecule has 0 amide bonds. The van der Waals surface area contributed by atoms with Gasteiger partial charge in [-0.1, -0.05) is 42.5 Å². The lowest BCUT2D eigenvalue weighted by molar-refractivity contribution is 1.06. The fraction of sp³-hybridized carbons (Fsp3) is 0. The summed E-state index contributed by atoms with van der Waals surface area (Å²) in [5, 5.41) is 7.49. The minimum atomic E-state index is 1.14. The summed E-state index contributed by atoms with van der Waals surface area (Å²) in [5.41, 5.74) is 4.92. The molecular weight excluding hydrogens is 497 g/mol. The molecular formula is C31H18N2S3. The smallest absolute Gasteiger partial charge is 0.0991 e. The van der Waals surface area contributed by atoms with Gasteiger partial charge >= 0.3 is 0 Å². The molecule has 0 radical (unpaired) electrons. The van der Waals surface area contributed by atoms with Crippen LogP contribution in [0.4, 0.5) is 0 Å². The Morgan fingerprint density at radius 2 is 1.58 bits per heavy atom. The molecule has 0 aliphatic carbocycles. The first-order chi connectivity index (χ1) is 17.8. The van der Waals surface area contributed by atoms with Gasteiger partial charge in [0.1, 0.15) is 0 Å². The minimum absolute atomic E-state index is 1.14. The first-order valence-electron chi connectivity index (χ1n) is 11.8. The van der Waals surface area contributed by atoms with Gasteiger partial charge in [0.15, 0.2) is 0 Å². The van der Waals surface area contributed by atoms with Gasteiger partial charge in [-0.3, -0.25) is 0 Å². The zero-order chi connectivity index (χ0) is 23.6. The molecule has 36 heavy (non-hydrogen) atoms. The van der Waals surface area contributed by atoms with Crippen molar-refractivity contribution in [3.05, 3.63) is 109 Å². The zero-order valence-electron chi connectivity index (χ0n) is 19.0. The summed E-state index contributed by atoms with van der Waals surface area (Å²) in [7, 11) is 0. The third kappa shape index (κ3) is 3.10. The number of rotatable bonds is 3. The van der Waals surface area contributed by atoms with E-state index in [-0.39, 0.29) is 0 Å². The number of thiophene rings is 3. The van der Waals surface area contributed by atoms with Crippen LogP contribution in [0.5, 0.6) is 0 Å². The van der Waals surface area contributed by atoms with Crippen LogP contribution >= 0.6 is 34.0 Å². The molecule has 4 aromatic carbocycles. The second kappa shape index (κ2) is 7.87. The van der Waals surface area contributed by atoms with E-state index in [1.165, 1.54) is 61.9 Å². The van der Waals surface area contributed by atoms with Gasteiger partial charge in [-0.05, 0) is 64.2 Å². The second-order valence-corrected chi connectivity index (χ2v) is 12.0. The Morgan fingerprint density at radius 3 is 2.53 bits per heavy atom. The van der Waals surface area contributed by atoms with Crippen LogP contribution in [0.25, 0.3) is 67.6 Å². The van der Waals surface area contributed by atoms with Crippen molar-refractivity contribution in [2.75, 3.05) is 0 Å². The summed E-state index contributed by atoms with van der Waals surface area (Å²) in [5.74, 6) is 0. The molecule has 4 heterocycles. The Morgan fingerprint density at radius 1 is 0.667 bits per heavy atom. The van der Waals surface area contributed by atoms with Crippen molar-refractivity contribution in [3.63, 3.8) is 0 Å². The zero-order valence-corrected chi connectivity index (χ0v) is 21.5. The molecule has 0 fully saturated rings. The number of imidazole rings is 1. The largest absolute Gasteiger partial charge is 0.306 e. The molecule has 0 bridgehead atoms. The van der Waals surface area contributed by atoms with Crippen molar-refractivity contribution in [1.82, 2.24) is 9.55 Å². The van der Waals surface area contributed by atoms with Crippen molar-refractivity contribution < 1.29 is 0 Å². The lowest BCUT2D eigenvalue weighted by atomic mass is 10.0. The molecule has 8 aromatic rings. The molecule has 0 spiro atoms. The fourth-order valence-corrected chi connectivity index (χ4v) is 8.25. The minimum Gasteiger partial charge on any atom is -0.306 e. The molecule has 0 atom stereocenters. The van der Waals surface area contributed by atoms with Gasteiger partial charge in [-0.25, -0.2) is 4.98 Å². The monoisotopic (exact) mass is 514 g/mol. The molecule has 0 saturated carbocycles. The Bertz CT molecular complexity index is 2010. The summed E-state index contributed by atoms with van der Waals surface area (Å²) < 4.78 is 7.45. The van der Waals surface area contributed by atoms with E-state index in [9.17, 15) is 0 Å². The molecule has 0 N–H and O–H groups in total. The van der Waals surface area contributed by atoms with Gasteiger partial charge < -0.3 is 4.57 Å². The predicted molar refractivity (Wildman–Crippen MR) is 158 cm³/mol. The van der Waals surface area contributed by atoms with Crippen LogP contribution in [0.15, 0.2) is 109 Å². The molecule has 5 heteroatoms. The maximum atomic E-state index is 4.26. The Hall–Kier alpha value is -3.77. The Kier molecular flexibility index (Phi) is 4.46. The van der Waals surface area contributed by atoms with Gasteiger partial charge in [-0.2, -0.15) is 0 Å². The molecule has 0 aliphatic rings. The average molecular weight is 515 g/mol. The summed E-state index contributed by atoms with van der Waals surface area (Å²) in [4.78, 5) is 5.59. The normalized spacial score (nSPS) is 11.9. The van der Waals surface area contributed by atoms with Crippen molar-refractivity contribution in [2.24, 2.45) is 0 Å². The van der Waals surface area contributed by atoms with Gasteiger partial charge in [0, 0.05) is 58.0 Å². The van der Waals surface area contributed by atoms with E-state index in [2.05, 4.69) is 99.9 Å². The van der Waals surface area contributed by atoms with Crippen LogP contribution in [0.2, 0.25) is 0 Å². The number of nitrogens with zero attached hydrogens (tertiary/aromatic N) is 2. The first-order valence-corrected chi connectivity index (χ1v) is 14.3. The van der Waals surface area contributed by atoms with Crippen molar-refractivity contribution >= 4 is 74.4 Å². The SMILES string of the molecule is c1ccc(-n2ccnc2)c(-c2cccc3c2sc2ccc(-c4cc5cc6sccc6cc5s4)cc23)c1. The maximum Gasteiger partial charge on any atom is 0.0991 e. The van der Waals surface area contributed by atoms with Crippen LogP contribution in [-0.4, -0.2) is 9.55 Å². The summed E-state index contributed by atoms with van der Waals surface area (Å²) >= 11 is 5.58. The summed E-state index contributed by atoms with van der Waals surface area (Å²) in [6.07, 6.45) is 5.70. The van der Waals surface area contributed by atoms with E-state index in [4.69, 9.17) is 0 Å². The van der Waals surface area contributed by atoms with Gasteiger partial charge in [0.05, 0.1) is 12.0 Å². The quantitative estimate of drug-likeness (QED) is 0.229. The highest BCUT2D eigenvalue weighted by Gasteiger charge is 2.15. The lowest BCUT2D eigenvalue weighted by Gasteiger charge is -2.11. The van der Waals surface area contributed by atoms with E-state index in [1.54, 1.807) is 0 Å². The number of aromatic nitrogens is 2. The predicted octanol–water partition coefficient (Wildman–Crippen LogP) is 10.0. The van der Waals surface area contributed by atoms with Crippen LogP contribution < -0.4 is 0 Å². The summed E-state index contributed by atoms with van der Waals surface area (Å²) in [6.45, 7) is 0. The number of hydrogen-bond acceptors (Lipinski definition) is 4. The average Bonchev–Trinajstić information content (AvgIpc) is 3.72. The van der Waals surface area contributed by atoms with E-state index in [0.29, 0.717) is 0 Å². The highest BCUT2D eigenvalue weighted by atomic mass is 32.1. The fourth-order valence-electron chi connectivity index (χ4n) is 5.13. The number of fused-ring (bicyclic) bond motifs is 5. The van der Waals surface area contributed by atoms with E-state index in [0.717, 1.165) is 5.69 Å². The van der Waals surface area contributed by atoms with Gasteiger partial charge in [-0.15, -0.1) is 34.0 Å². The van der Waals surface area contributed by atoms with Crippen LogP contribution in [0.3, 0.4) is 0 Å². The number of hydrogen-bond donors (Lipinski definition) is 0. The van der Waals surface area contributed by atoms with Crippen molar-refractivity contribution in [1.29, 1.82) is 0 Å². The highest BCUT2D eigenvalue weighted by Crippen LogP contribution is 2.44. The number of benzene rings is 4. The molecule has 0 aliphatic heterocycles. The van der Waals surface area contributed by atoms with Crippen LogP contribution in [-0.2, 0) is 0 Å². The third-order valence-corrected chi connectivity index (χ3v) is 10.1. The van der Waals surface area contributed by atoms with Crippen LogP contribution in [0, 0.1) is 0 Å². The Labute approximate surface area is 219 Å². The molecule has 8 rings (SSSR count). The van der Waals surface area contributed by atoms with Crippen molar-refractivity contribution in [2.45, 2.75) is 0 Å². The third-order valence-electron chi connectivity index (χ3n) is 6.85. The topological polar surface area (TPSA) is 17.8 Å². The molecule has 2 nitrogen and oxygen atoms in total. The first kappa shape index (κ1) is 20.4. The molecule has 4 aromatic heterocycles. The van der Waals surface area contributed by atoms with Gasteiger partial charge in [0.25, 0.3) is 0 Å². The molecule has 170 valence electrons. The highest BCUT2D eigenvalue weighted by molar-refractivity contribution is 7.26. The molecule has 0 saturated heterocycles. The maximum absolute atomic E-state index is 4.26. The van der Waals surface area contributed by atoms with Crippen LogP contribution in [0.1, 0.15) is 0 Å². The number of para-hydroxylation sites is 1. The van der Waals surface area contributed by atoms with Gasteiger partial charge in [0.2, 0.25) is 0 Å². The lowest BCUT2D eigenvalue weighted by Crippen LogP contribution is -1.93.